The molecule has 0 unspecified atom stereocenters. The lowest BCUT2D eigenvalue weighted by Crippen LogP contribution is -2.18. The number of para-hydroxylation sites is 1. The molecule has 0 fully saturated rings. The second-order valence-corrected chi connectivity index (χ2v) is 5.11. The Labute approximate surface area is 137 Å². The van der Waals surface area contributed by atoms with Crippen LogP contribution in [0.5, 0.6) is 5.75 Å². The van der Waals surface area contributed by atoms with E-state index in [0.29, 0.717) is 17.1 Å². The minimum atomic E-state index is -0.414. The maximum atomic E-state index is 12.2. The van der Waals surface area contributed by atoms with Gasteiger partial charge in [0, 0.05) is 23.4 Å². The van der Waals surface area contributed by atoms with Crippen molar-refractivity contribution in [2.75, 3.05) is 13.7 Å². The van der Waals surface area contributed by atoms with Crippen LogP contribution in [0.2, 0.25) is 0 Å². The van der Waals surface area contributed by atoms with E-state index in [1.54, 1.807) is 20.2 Å². The number of ether oxygens (including phenoxy) is 2. The number of carbonyl (C=O) groups is 1. The summed E-state index contributed by atoms with van der Waals surface area (Å²) in [6.07, 6.45) is 1.64. The molecule has 7 nitrogen and oxygen atoms in total. The molecular weight excluding hydrogens is 310 g/mol. The largest absolute Gasteiger partial charge is 0.496 e. The Bertz CT molecular complexity index is 942. The molecule has 1 aromatic carbocycles. The number of H-pyrrole nitrogens is 1. The summed E-state index contributed by atoms with van der Waals surface area (Å²) in [4.78, 5) is 28.3. The molecule has 0 radical (unpaired) electrons. The van der Waals surface area contributed by atoms with Crippen molar-refractivity contribution in [3.05, 3.63) is 52.6 Å². The molecule has 1 N–H and O–H groups in total. The number of nitrogens with one attached hydrogen (secondary N) is 1. The molecule has 0 saturated carbocycles. The van der Waals surface area contributed by atoms with Crippen LogP contribution in [0.15, 0.2) is 41.3 Å². The molecule has 0 spiro atoms. The smallest absolute Gasteiger partial charge is 0.311 e. The summed E-state index contributed by atoms with van der Waals surface area (Å²) in [5.74, 6) is 0.257. The molecule has 2 heterocycles. The minimum absolute atomic E-state index is 0.0455. The number of hydrogen-bond donors (Lipinski definition) is 1. The lowest BCUT2D eigenvalue weighted by molar-refractivity contribution is -0.142. The normalized spacial score (nSPS) is 10.8. The highest BCUT2D eigenvalue weighted by Gasteiger charge is 2.15. The summed E-state index contributed by atoms with van der Waals surface area (Å²) in [5, 5.41) is 2.88. The lowest BCUT2D eigenvalue weighted by Gasteiger charge is -2.07. The zero-order chi connectivity index (χ0) is 17.1. The van der Waals surface area contributed by atoms with Crippen molar-refractivity contribution < 1.29 is 14.3 Å². The van der Waals surface area contributed by atoms with Gasteiger partial charge in [0.25, 0.3) is 5.56 Å². The summed E-state index contributed by atoms with van der Waals surface area (Å²) in [6, 6.07) is 8.78. The molecule has 3 rings (SSSR count). The van der Waals surface area contributed by atoms with Crippen molar-refractivity contribution in [2.24, 2.45) is 0 Å². The van der Waals surface area contributed by atoms with E-state index in [-0.39, 0.29) is 18.6 Å². The van der Waals surface area contributed by atoms with Crippen molar-refractivity contribution in [3.8, 4) is 16.9 Å². The highest BCUT2D eigenvalue weighted by Crippen LogP contribution is 2.31. The number of hydrogen-bond acceptors (Lipinski definition) is 5. The molecule has 0 saturated heterocycles. The van der Waals surface area contributed by atoms with E-state index in [4.69, 9.17) is 9.47 Å². The molecule has 2 aromatic heterocycles. The average molecular weight is 327 g/mol. The van der Waals surface area contributed by atoms with Crippen molar-refractivity contribution in [3.63, 3.8) is 0 Å². The van der Waals surface area contributed by atoms with Crippen molar-refractivity contribution in [1.82, 2.24) is 14.6 Å². The fraction of sp³-hybridized carbons (Fsp3) is 0.235. The lowest BCUT2D eigenvalue weighted by atomic mass is 10.1. The number of esters is 1. The number of rotatable bonds is 5. The molecular formula is C17H17N3O4. The van der Waals surface area contributed by atoms with Crippen molar-refractivity contribution in [1.29, 1.82) is 0 Å². The van der Waals surface area contributed by atoms with Gasteiger partial charge in [0.2, 0.25) is 0 Å². The predicted molar refractivity (Wildman–Crippen MR) is 88.1 cm³/mol. The number of fused-ring (bicyclic) bond motifs is 1. The summed E-state index contributed by atoms with van der Waals surface area (Å²) >= 11 is 0. The van der Waals surface area contributed by atoms with Gasteiger partial charge in [-0.15, -0.1) is 0 Å². The second-order valence-electron chi connectivity index (χ2n) is 5.11. The number of carbonyl (C=O) groups excluding carboxylic acids is 1. The monoisotopic (exact) mass is 327 g/mol. The Morgan fingerprint density at radius 2 is 2.08 bits per heavy atom. The third-order valence-corrected chi connectivity index (χ3v) is 3.58. The molecule has 0 aliphatic heterocycles. The Kier molecular flexibility index (Phi) is 4.33. The van der Waals surface area contributed by atoms with Gasteiger partial charge in [-0.2, -0.15) is 0 Å². The van der Waals surface area contributed by atoms with Gasteiger partial charge in [-0.05, 0) is 13.0 Å². The topological polar surface area (TPSA) is 85.7 Å². The summed E-state index contributed by atoms with van der Waals surface area (Å²) in [5.41, 5.74) is 2.04. The predicted octanol–water partition coefficient (Wildman–Crippen LogP) is 1.80. The first-order chi connectivity index (χ1) is 11.6. The number of nitrogens with zero attached hydrogens (tertiary/aromatic N) is 2. The molecule has 0 aliphatic carbocycles. The van der Waals surface area contributed by atoms with Crippen LogP contribution in [0.3, 0.4) is 0 Å². The quantitative estimate of drug-likeness (QED) is 0.722. The van der Waals surface area contributed by atoms with Crippen LogP contribution in [-0.2, 0) is 16.0 Å². The SMILES string of the molecule is CCOC(=O)Cc1cc(=O)n2[nH]cc(-c3ccccc3OC)c2n1. The van der Waals surface area contributed by atoms with Crippen molar-refractivity contribution >= 4 is 11.6 Å². The van der Waals surface area contributed by atoms with E-state index in [1.807, 2.05) is 24.3 Å². The fourth-order valence-electron chi connectivity index (χ4n) is 2.54. The third kappa shape index (κ3) is 2.88. The van der Waals surface area contributed by atoms with Gasteiger partial charge in [0.15, 0.2) is 5.65 Å². The first-order valence-electron chi connectivity index (χ1n) is 7.53. The van der Waals surface area contributed by atoms with Gasteiger partial charge in [-0.1, -0.05) is 18.2 Å². The number of benzene rings is 1. The van der Waals surface area contributed by atoms with Crippen LogP contribution in [0.1, 0.15) is 12.6 Å². The van der Waals surface area contributed by atoms with E-state index in [2.05, 4.69) is 10.1 Å². The zero-order valence-corrected chi connectivity index (χ0v) is 13.4. The highest BCUT2D eigenvalue weighted by atomic mass is 16.5. The van der Waals surface area contributed by atoms with Crippen LogP contribution in [0, 0.1) is 0 Å². The van der Waals surface area contributed by atoms with Crippen LogP contribution < -0.4 is 10.3 Å². The summed E-state index contributed by atoms with van der Waals surface area (Å²) in [6.45, 7) is 2.02. The number of methoxy groups -OCH3 is 1. The number of aromatic nitrogens is 3. The summed E-state index contributed by atoms with van der Waals surface area (Å²) < 4.78 is 11.6. The maximum absolute atomic E-state index is 12.2. The molecule has 7 heteroatoms. The minimum Gasteiger partial charge on any atom is -0.496 e. The fourth-order valence-corrected chi connectivity index (χ4v) is 2.54. The van der Waals surface area contributed by atoms with Gasteiger partial charge >= 0.3 is 5.97 Å². The Morgan fingerprint density at radius 1 is 1.29 bits per heavy atom. The second kappa shape index (κ2) is 6.57. The third-order valence-electron chi connectivity index (χ3n) is 3.58. The van der Waals surface area contributed by atoms with E-state index >= 15 is 0 Å². The Balaban J connectivity index is 2.12. The molecule has 124 valence electrons. The molecule has 0 bridgehead atoms. The zero-order valence-electron chi connectivity index (χ0n) is 13.4. The first kappa shape index (κ1) is 15.8. The van der Waals surface area contributed by atoms with Gasteiger partial charge in [0.05, 0.1) is 25.8 Å². The highest BCUT2D eigenvalue weighted by molar-refractivity contribution is 5.81. The molecule has 3 aromatic rings. The first-order valence-corrected chi connectivity index (χ1v) is 7.53. The molecule has 24 heavy (non-hydrogen) atoms. The van der Waals surface area contributed by atoms with E-state index < -0.39 is 5.97 Å². The van der Waals surface area contributed by atoms with Gasteiger partial charge in [-0.25, -0.2) is 9.50 Å². The molecule has 0 amide bonds. The van der Waals surface area contributed by atoms with Gasteiger partial charge in [-0.3, -0.25) is 14.7 Å². The van der Waals surface area contributed by atoms with Gasteiger partial charge < -0.3 is 9.47 Å². The van der Waals surface area contributed by atoms with E-state index in [9.17, 15) is 9.59 Å². The Morgan fingerprint density at radius 3 is 2.83 bits per heavy atom. The van der Waals surface area contributed by atoms with Crippen molar-refractivity contribution in [2.45, 2.75) is 13.3 Å². The van der Waals surface area contributed by atoms with Crippen LogP contribution >= 0.6 is 0 Å². The maximum Gasteiger partial charge on any atom is 0.311 e. The Hall–Kier alpha value is -3.09. The average Bonchev–Trinajstić information content (AvgIpc) is 2.99. The van der Waals surface area contributed by atoms with E-state index in [1.165, 1.54) is 10.6 Å². The number of aromatic amines is 1. The molecule has 0 aliphatic rings. The molecule has 0 atom stereocenters. The van der Waals surface area contributed by atoms with Crippen LogP contribution in [0.25, 0.3) is 16.8 Å². The standard InChI is InChI=1S/C17H17N3O4/c1-3-24-16(22)9-11-8-15(21)20-17(19-11)13(10-18-20)12-6-4-5-7-14(12)23-2/h4-8,10,18H,3,9H2,1-2H3. The van der Waals surface area contributed by atoms with E-state index in [0.717, 1.165) is 11.1 Å². The summed E-state index contributed by atoms with van der Waals surface area (Å²) in [7, 11) is 1.58. The van der Waals surface area contributed by atoms with Crippen LogP contribution in [-0.4, -0.2) is 34.3 Å². The van der Waals surface area contributed by atoms with Gasteiger partial charge in [0.1, 0.15) is 5.75 Å². The van der Waals surface area contributed by atoms with Crippen LogP contribution in [0.4, 0.5) is 0 Å².